The van der Waals surface area contributed by atoms with Gasteiger partial charge in [-0.3, -0.25) is 0 Å². The van der Waals surface area contributed by atoms with Crippen LogP contribution in [0.3, 0.4) is 0 Å². The van der Waals surface area contributed by atoms with Crippen molar-refractivity contribution in [3.05, 3.63) is 23.8 Å². The maximum Gasteiger partial charge on any atom is 0.184 e. The fourth-order valence-corrected chi connectivity index (χ4v) is 2.12. The van der Waals surface area contributed by atoms with Crippen LogP contribution < -0.4 is 5.73 Å². The fourth-order valence-electron chi connectivity index (χ4n) is 2.12. The van der Waals surface area contributed by atoms with Crippen LogP contribution in [0.4, 0.5) is 5.69 Å². The summed E-state index contributed by atoms with van der Waals surface area (Å²) < 4.78 is 1.88. The lowest BCUT2D eigenvalue weighted by atomic mass is 10.1. The van der Waals surface area contributed by atoms with E-state index in [0.29, 0.717) is 11.7 Å². The molecule has 0 bridgehead atoms. The van der Waals surface area contributed by atoms with Gasteiger partial charge in [0.2, 0.25) is 0 Å². The molecule has 1 heterocycles. The topological polar surface area (TPSA) is 69.6 Å². The van der Waals surface area contributed by atoms with Gasteiger partial charge >= 0.3 is 0 Å². The number of benzene rings is 1. The SMILES string of the molecule is CCC(CC)n1nnnc1-c1cc(C)ccc1N. The number of hydrogen-bond donors (Lipinski definition) is 1. The molecule has 96 valence electrons. The molecule has 5 nitrogen and oxygen atoms in total. The first-order chi connectivity index (χ1) is 8.67. The van der Waals surface area contributed by atoms with Crippen LogP contribution in [0.2, 0.25) is 0 Å². The van der Waals surface area contributed by atoms with E-state index in [0.717, 1.165) is 29.8 Å². The van der Waals surface area contributed by atoms with Gasteiger partial charge in [-0.2, -0.15) is 0 Å². The molecule has 1 aromatic heterocycles. The second-order valence-electron chi connectivity index (χ2n) is 4.51. The van der Waals surface area contributed by atoms with Crippen molar-refractivity contribution in [3.63, 3.8) is 0 Å². The molecule has 0 saturated carbocycles. The van der Waals surface area contributed by atoms with Crippen LogP contribution in [0.5, 0.6) is 0 Å². The van der Waals surface area contributed by atoms with E-state index in [1.54, 1.807) is 0 Å². The highest BCUT2D eigenvalue weighted by molar-refractivity contribution is 5.72. The molecule has 0 fully saturated rings. The Hall–Kier alpha value is -1.91. The van der Waals surface area contributed by atoms with Crippen LogP contribution in [0.15, 0.2) is 18.2 Å². The van der Waals surface area contributed by atoms with Crippen LogP contribution in [-0.4, -0.2) is 20.2 Å². The normalized spacial score (nSPS) is 11.1. The molecule has 5 heteroatoms. The molecule has 0 unspecified atom stereocenters. The van der Waals surface area contributed by atoms with Gasteiger partial charge in [0.1, 0.15) is 0 Å². The van der Waals surface area contributed by atoms with Crippen molar-refractivity contribution in [2.45, 2.75) is 39.7 Å². The first kappa shape index (κ1) is 12.5. The summed E-state index contributed by atoms with van der Waals surface area (Å²) in [4.78, 5) is 0. The van der Waals surface area contributed by atoms with Gasteiger partial charge in [0.25, 0.3) is 0 Å². The molecular formula is C13H19N5. The predicted octanol–water partition coefficient (Wildman–Crippen LogP) is 2.59. The standard InChI is InChI=1S/C13H19N5/c1-4-10(5-2)18-13(15-16-17-18)11-8-9(3)6-7-12(11)14/h6-8,10H,4-5,14H2,1-3H3. The monoisotopic (exact) mass is 245 g/mol. The molecule has 0 aliphatic heterocycles. The van der Waals surface area contributed by atoms with Gasteiger partial charge < -0.3 is 5.73 Å². The van der Waals surface area contributed by atoms with Crippen molar-refractivity contribution in [3.8, 4) is 11.4 Å². The highest BCUT2D eigenvalue weighted by Gasteiger charge is 2.17. The van der Waals surface area contributed by atoms with Crippen LogP contribution in [0.25, 0.3) is 11.4 Å². The summed E-state index contributed by atoms with van der Waals surface area (Å²) in [5.41, 5.74) is 8.79. The minimum Gasteiger partial charge on any atom is -0.398 e. The third kappa shape index (κ3) is 2.20. The van der Waals surface area contributed by atoms with E-state index in [1.807, 2.05) is 29.8 Å². The Morgan fingerprint density at radius 3 is 2.67 bits per heavy atom. The number of hydrogen-bond acceptors (Lipinski definition) is 4. The summed E-state index contributed by atoms with van der Waals surface area (Å²) in [6.45, 7) is 6.31. The van der Waals surface area contributed by atoms with Crippen LogP contribution in [-0.2, 0) is 0 Å². The van der Waals surface area contributed by atoms with Gasteiger partial charge in [-0.25, -0.2) is 4.68 Å². The quantitative estimate of drug-likeness (QED) is 0.840. The van der Waals surface area contributed by atoms with Crippen LogP contribution in [0.1, 0.15) is 38.3 Å². The largest absolute Gasteiger partial charge is 0.398 e. The number of rotatable bonds is 4. The minimum absolute atomic E-state index is 0.315. The second kappa shape index (κ2) is 5.16. The predicted molar refractivity (Wildman–Crippen MR) is 72.0 cm³/mol. The van der Waals surface area contributed by atoms with Crippen molar-refractivity contribution in [2.75, 3.05) is 5.73 Å². The van der Waals surface area contributed by atoms with Crippen LogP contribution in [0, 0.1) is 6.92 Å². The van der Waals surface area contributed by atoms with Crippen molar-refractivity contribution in [2.24, 2.45) is 0 Å². The zero-order chi connectivity index (χ0) is 13.1. The molecule has 2 rings (SSSR count). The van der Waals surface area contributed by atoms with E-state index in [4.69, 9.17) is 5.73 Å². The molecule has 0 amide bonds. The Morgan fingerprint density at radius 1 is 1.28 bits per heavy atom. The molecule has 1 aromatic carbocycles. The Morgan fingerprint density at radius 2 is 2.00 bits per heavy atom. The zero-order valence-corrected chi connectivity index (χ0v) is 11.1. The van der Waals surface area contributed by atoms with Crippen molar-refractivity contribution < 1.29 is 0 Å². The summed E-state index contributed by atoms with van der Waals surface area (Å²) in [6, 6.07) is 6.23. The average Bonchev–Trinajstić information content (AvgIpc) is 2.83. The molecule has 0 aliphatic rings. The van der Waals surface area contributed by atoms with E-state index in [9.17, 15) is 0 Å². The van der Waals surface area contributed by atoms with E-state index in [1.165, 1.54) is 0 Å². The summed E-state index contributed by atoms with van der Waals surface area (Å²) in [5, 5.41) is 12.0. The van der Waals surface area contributed by atoms with E-state index < -0.39 is 0 Å². The Bertz CT molecular complexity index is 528. The summed E-state index contributed by atoms with van der Waals surface area (Å²) in [6.07, 6.45) is 2.00. The lowest BCUT2D eigenvalue weighted by molar-refractivity contribution is 0.422. The molecule has 0 radical (unpaired) electrons. The average molecular weight is 245 g/mol. The lowest BCUT2D eigenvalue weighted by Crippen LogP contribution is -2.11. The summed E-state index contributed by atoms with van der Waals surface area (Å²) in [5.74, 6) is 0.755. The van der Waals surface area contributed by atoms with Gasteiger partial charge in [0, 0.05) is 11.3 Å². The zero-order valence-electron chi connectivity index (χ0n) is 11.1. The molecule has 0 atom stereocenters. The van der Waals surface area contributed by atoms with E-state index >= 15 is 0 Å². The van der Waals surface area contributed by atoms with E-state index in [-0.39, 0.29) is 0 Å². The highest BCUT2D eigenvalue weighted by Crippen LogP contribution is 2.27. The van der Waals surface area contributed by atoms with Crippen molar-refractivity contribution in [1.82, 2.24) is 20.2 Å². The first-order valence-corrected chi connectivity index (χ1v) is 6.31. The van der Waals surface area contributed by atoms with Gasteiger partial charge in [0.05, 0.1) is 6.04 Å². The summed E-state index contributed by atoms with van der Waals surface area (Å²) >= 11 is 0. The molecule has 0 spiro atoms. The Labute approximate surface area is 107 Å². The maximum absolute atomic E-state index is 6.02. The van der Waals surface area contributed by atoms with Crippen LogP contribution >= 0.6 is 0 Å². The number of aryl methyl sites for hydroxylation is 1. The van der Waals surface area contributed by atoms with Crippen molar-refractivity contribution >= 4 is 5.69 Å². The maximum atomic E-state index is 6.02. The molecule has 0 aliphatic carbocycles. The molecule has 2 N–H and O–H groups in total. The third-order valence-electron chi connectivity index (χ3n) is 3.23. The lowest BCUT2D eigenvalue weighted by Gasteiger charge is -2.15. The number of nitrogen functional groups attached to an aromatic ring is 1. The van der Waals surface area contributed by atoms with Gasteiger partial charge in [-0.1, -0.05) is 25.5 Å². The van der Waals surface area contributed by atoms with Gasteiger partial charge in [-0.05, 0) is 42.3 Å². The van der Waals surface area contributed by atoms with Gasteiger partial charge in [0.15, 0.2) is 5.82 Å². The number of anilines is 1. The molecule has 2 aromatic rings. The van der Waals surface area contributed by atoms with Gasteiger partial charge in [-0.15, -0.1) is 5.10 Å². The molecule has 0 saturated heterocycles. The Kier molecular flexibility index (Phi) is 3.60. The number of aromatic nitrogens is 4. The molecular weight excluding hydrogens is 226 g/mol. The molecule has 18 heavy (non-hydrogen) atoms. The number of nitrogens with two attached hydrogens (primary N) is 1. The smallest absolute Gasteiger partial charge is 0.184 e. The fraction of sp³-hybridized carbons (Fsp3) is 0.462. The number of tetrazole rings is 1. The first-order valence-electron chi connectivity index (χ1n) is 6.31. The summed E-state index contributed by atoms with van der Waals surface area (Å²) in [7, 11) is 0. The Balaban J connectivity index is 2.51. The van der Waals surface area contributed by atoms with Crippen molar-refractivity contribution in [1.29, 1.82) is 0 Å². The second-order valence-corrected chi connectivity index (χ2v) is 4.51. The number of nitrogens with zero attached hydrogens (tertiary/aromatic N) is 4. The third-order valence-corrected chi connectivity index (χ3v) is 3.23. The van der Waals surface area contributed by atoms with E-state index in [2.05, 4.69) is 29.4 Å². The highest BCUT2D eigenvalue weighted by atomic mass is 15.5. The minimum atomic E-state index is 0.315.